The number of aryl methyl sites for hydroxylation is 1. The first kappa shape index (κ1) is 7.19. The summed E-state index contributed by atoms with van der Waals surface area (Å²) in [5.41, 5.74) is 0.762. The van der Waals surface area contributed by atoms with Crippen LogP contribution in [-0.2, 0) is 6.42 Å². The molecular formula is C8H10FN. The van der Waals surface area contributed by atoms with E-state index in [1.54, 1.807) is 12.3 Å². The molecule has 0 aliphatic heterocycles. The molecule has 0 saturated carbocycles. The summed E-state index contributed by atoms with van der Waals surface area (Å²) in [5.74, 6) is -0.190. The highest BCUT2D eigenvalue weighted by Crippen LogP contribution is 2.06. The van der Waals surface area contributed by atoms with Gasteiger partial charge in [0.05, 0.1) is 6.20 Å². The van der Waals surface area contributed by atoms with E-state index in [0.717, 1.165) is 18.4 Å². The van der Waals surface area contributed by atoms with Gasteiger partial charge in [-0.2, -0.15) is 0 Å². The fourth-order valence-corrected chi connectivity index (χ4v) is 0.876. The van der Waals surface area contributed by atoms with Crippen molar-refractivity contribution in [1.29, 1.82) is 0 Å². The molecule has 2 heteroatoms. The van der Waals surface area contributed by atoms with Gasteiger partial charge in [0.2, 0.25) is 0 Å². The molecule has 0 bridgehead atoms. The monoisotopic (exact) mass is 139 g/mol. The summed E-state index contributed by atoms with van der Waals surface area (Å²) < 4.78 is 12.7. The molecule has 0 unspecified atom stereocenters. The quantitative estimate of drug-likeness (QED) is 0.612. The van der Waals surface area contributed by atoms with Crippen LogP contribution in [0.2, 0.25) is 0 Å². The van der Waals surface area contributed by atoms with E-state index in [2.05, 4.69) is 4.98 Å². The van der Waals surface area contributed by atoms with E-state index in [1.165, 1.54) is 6.20 Å². The Hall–Kier alpha value is -0.920. The van der Waals surface area contributed by atoms with Gasteiger partial charge in [0, 0.05) is 6.20 Å². The van der Waals surface area contributed by atoms with Crippen LogP contribution in [0.25, 0.3) is 0 Å². The fourth-order valence-electron chi connectivity index (χ4n) is 0.876. The van der Waals surface area contributed by atoms with Gasteiger partial charge in [-0.3, -0.25) is 4.98 Å². The lowest BCUT2D eigenvalue weighted by molar-refractivity contribution is 0.601. The first-order valence-corrected chi connectivity index (χ1v) is 3.43. The maximum Gasteiger partial charge on any atom is 0.144 e. The molecule has 1 heterocycles. The number of nitrogens with zero attached hydrogens (tertiary/aromatic N) is 1. The minimum atomic E-state index is -0.190. The van der Waals surface area contributed by atoms with Gasteiger partial charge in [-0.15, -0.1) is 0 Å². The van der Waals surface area contributed by atoms with Crippen LogP contribution in [0.4, 0.5) is 4.39 Å². The Kier molecular flexibility index (Phi) is 2.37. The Labute approximate surface area is 59.9 Å². The average Bonchev–Trinajstić information content (AvgIpc) is 1.94. The molecule has 0 amide bonds. The Balaban J connectivity index is 2.81. The van der Waals surface area contributed by atoms with Gasteiger partial charge < -0.3 is 0 Å². The molecule has 0 N–H and O–H groups in total. The zero-order valence-corrected chi connectivity index (χ0v) is 5.97. The molecule has 0 atom stereocenters. The summed E-state index contributed by atoms with van der Waals surface area (Å²) >= 11 is 0. The Morgan fingerprint density at radius 2 is 2.40 bits per heavy atom. The smallest absolute Gasteiger partial charge is 0.144 e. The van der Waals surface area contributed by atoms with Crippen molar-refractivity contribution in [3.8, 4) is 0 Å². The molecule has 0 aromatic carbocycles. The predicted molar refractivity (Wildman–Crippen MR) is 38.2 cm³/mol. The first-order chi connectivity index (χ1) is 4.84. The molecule has 10 heavy (non-hydrogen) atoms. The van der Waals surface area contributed by atoms with Crippen LogP contribution in [0.3, 0.4) is 0 Å². The van der Waals surface area contributed by atoms with E-state index in [-0.39, 0.29) is 5.82 Å². The summed E-state index contributed by atoms with van der Waals surface area (Å²) in [4.78, 5) is 3.65. The minimum absolute atomic E-state index is 0.190. The van der Waals surface area contributed by atoms with E-state index in [1.807, 2.05) is 6.92 Å². The van der Waals surface area contributed by atoms with Gasteiger partial charge in [-0.25, -0.2) is 4.39 Å². The van der Waals surface area contributed by atoms with Crippen molar-refractivity contribution in [2.45, 2.75) is 19.8 Å². The number of halogens is 1. The number of hydrogen-bond acceptors (Lipinski definition) is 1. The van der Waals surface area contributed by atoms with Crippen molar-refractivity contribution in [1.82, 2.24) is 4.98 Å². The molecule has 1 aromatic heterocycles. The molecule has 1 rings (SSSR count). The van der Waals surface area contributed by atoms with Gasteiger partial charge in [0.1, 0.15) is 5.82 Å². The second kappa shape index (κ2) is 3.30. The highest BCUT2D eigenvalue weighted by atomic mass is 19.1. The third kappa shape index (κ3) is 1.53. The molecule has 0 aliphatic rings. The largest absolute Gasteiger partial charge is 0.262 e. The Morgan fingerprint density at radius 1 is 1.60 bits per heavy atom. The van der Waals surface area contributed by atoms with Crippen LogP contribution in [0, 0.1) is 5.82 Å². The normalized spacial score (nSPS) is 9.80. The van der Waals surface area contributed by atoms with E-state index in [9.17, 15) is 4.39 Å². The van der Waals surface area contributed by atoms with Gasteiger partial charge in [0.25, 0.3) is 0 Å². The van der Waals surface area contributed by atoms with Gasteiger partial charge in [-0.05, 0) is 18.1 Å². The number of rotatable bonds is 2. The number of hydrogen-bond donors (Lipinski definition) is 0. The lowest BCUT2D eigenvalue weighted by Gasteiger charge is -1.97. The number of pyridine rings is 1. The van der Waals surface area contributed by atoms with Crippen molar-refractivity contribution in [2.24, 2.45) is 0 Å². The number of aromatic nitrogens is 1. The molecule has 0 aliphatic carbocycles. The third-order valence-corrected chi connectivity index (χ3v) is 1.38. The topological polar surface area (TPSA) is 12.9 Å². The molecule has 54 valence electrons. The molecule has 1 aromatic rings. The maximum atomic E-state index is 12.7. The molecule has 1 nitrogen and oxygen atoms in total. The highest BCUT2D eigenvalue weighted by molar-refractivity contribution is 5.12. The van der Waals surface area contributed by atoms with Crippen LogP contribution in [-0.4, -0.2) is 4.98 Å². The lowest BCUT2D eigenvalue weighted by atomic mass is 10.1. The minimum Gasteiger partial charge on any atom is -0.262 e. The van der Waals surface area contributed by atoms with Crippen molar-refractivity contribution in [2.75, 3.05) is 0 Å². The van der Waals surface area contributed by atoms with Gasteiger partial charge in [0.15, 0.2) is 0 Å². The molecule has 0 saturated heterocycles. The van der Waals surface area contributed by atoms with E-state index in [4.69, 9.17) is 0 Å². The summed E-state index contributed by atoms with van der Waals surface area (Å²) in [7, 11) is 0. The van der Waals surface area contributed by atoms with Crippen molar-refractivity contribution >= 4 is 0 Å². The predicted octanol–water partition coefficient (Wildman–Crippen LogP) is 2.17. The molecule has 0 fully saturated rings. The zero-order chi connectivity index (χ0) is 7.40. The maximum absolute atomic E-state index is 12.7. The van der Waals surface area contributed by atoms with Crippen LogP contribution in [0.5, 0.6) is 0 Å². The van der Waals surface area contributed by atoms with Crippen molar-refractivity contribution in [3.63, 3.8) is 0 Å². The molecule has 0 radical (unpaired) electrons. The molecular weight excluding hydrogens is 129 g/mol. The van der Waals surface area contributed by atoms with E-state index < -0.39 is 0 Å². The average molecular weight is 139 g/mol. The standard InChI is InChI=1S/C8H10FN/c1-2-3-7-4-5-10-6-8(7)9/h4-6H,2-3H2,1H3. The second-order valence-corrected chi connectivity index (χ2v) is 2.22. The van der Waals surface area contributed by atoms with Crippen LogP contribution < -0.4 is 0 Å². The first-order valence-electron chi connectivity index (χ1n) is 3.43. The Morgan fingerprint density at radius 3 is 3.00 bits per heavy atom. The lowest BCUT2D eigenvalue weighted by Crippen LogP contribution is -1.89. The highest BCUT2D eigenvalue weighted by Gasteiger charge is 1.97. The SMILES string of the molecule is CCCc1ccncc1F. The van der Waals surface area contributed by atoms with Crippen LogP contribution >= 0.6 is 0 Å². The van der Waals surface area contributed by atoms with E-state index >= 15 is 0 Å². The summed E-state index contributed by atoms with van der Waals surface area (Å²) in [6, 6.07) is 1.72. The summed E-state index contributed by atoms with van der Waals surface area (Å²) in [6.45, 7) is 2.03. The summed E-state index contributed by atoms with van der Waals surface area (Å²) in [6.07, 6.45) is 4.65. The third-order valence-electron chi connectivity index (χ3n) is 1.38. The fraction of sp³-hybridized carbons (Fsp3) is 0.375. The second-order valence-electron chi connectivity index (χ2n) is 2.22. The van der Waals surface area contributed by atoms with Gasteiger partial charge >= 0.3 is 0 Å². The van der Waals surface area contributed by atoms with Crippen LogP contribution in [0.1, 0.15) is 18.9 Å². The zero-order valence-electron chi connectivity index (χ0n) is 5.97. The van der Waals surface area contributed by atoms with Crippen molar-refractivity contribution in [3.05, 3.63) is 29.8 Å². The van der Waals surface area contributed by atoms with Crippen molar-refractivity contribution < 1.29 is 4.39 Å². The van der Waals surface area contributed by atoms with Crippen LogP contribution in [0.15, 0.2) is 18.5 Å². The van der Waals surface area contributed by atoms with E-state index in [0.29, 0.717) is 0 Å². The Bertz CT molecular complexity index is 210. The molecule has 0 spiro atoms. The summed E-state index contributed by atoms with van der Waals surface area (Å²) in [5, 5.41) is 0. The van der Waals surface area contributed by atoms with Gasteiger partial charge in [-0.1, -0.05) is 13.3 Å².